The van der Waals surface area contributed by atoms with E-state index < -0.39 is 11.5 Å². The van der Waals surface area contributed by atoms with Gasteiger partial charge in [-0.25, -0.2) is 8.42 Å². The first-order chi connectivity index (χ1) is 10.2. The quantitative estimate of drug-likeness (QED) is 0.419. The van der Waals surface area contributed by atoms with Gasteiger partial charge in [0.1, 0.15) is 0 Å². The van der Waals surface area contributed by atoms with Crippen LogP contribution in [-0.2, 0) is 10.0 Å². The molecule has 0 aromatic heterocycles. The topological polar surface area (TPSA) is 75.3 Å². The summed E-state index contributed by atoms with van der Waals surface area (Å²) in [5.74, 6) is -0.222. The number of amides is 1. The number of nitrogens with one attached hydrogen (secondary N) is 2. The Morgan fingerprint density at radius 2 is 1.91 bits per heavy atom. The molecule has 0 saturated carbocycles. The van der Waals surface area contributed by atoms with Crippen LogP contribution in [0.2, 0.25) is 0 Å². The van der Waals surface area contributed by atoms with Crippen LogP contribution < -0.4 is 10.0 Å². The van der Waals surface area contributed by atoms with E-state index >= 15 is 0 Å². The van der Waals surface area contributed by atoms with Crippen molar-refractivity contribution in [1.82, 2.24) is 5.32 Å². The van der Waals surface area contributed by atoms with Gasteiger partial charge >= 0.3 is 0 Å². The smallest absolute Gasteiger partial charge is 0.269 e. The number of halogens is 3. The molecule has 5 nitrogen and oxygen atoms in total. The zero-order valence-electron chi connectivity index (χ0n) is 11.9. The van der Waals surface area contributed by atoms with Crippen LogP contribution in [0.3, 0.4) is 0 Å². The molecule has 22 heavy (non-hydrogen) atoms. The predicted octanol–water partition coefficient (Wildman–Crippen LogP) is 4.14. The van der Waals surface area contributed by atoms with Gasteiger partial charge in [-0.1, -0.05) is 25.8 Å². The number of anilines is 1. The molecule has 0 heterocycles. The van der Waals surface area contributed by atoms with Gasteiger partial charge in [0.15, 0.2) is 0 Å². The highest BCUT2D eigenvalue weighted by Crippen LogP contribution is 2.40. The maximum atomic E-state index is 12.0. The number of alkyl halides is 3. The normalized spacial score (nSPS) is 12.0. The lowest BCUT2D eigenvalue weighted by molar-refractivity contribution is 0.0953. The van der Waals surface area contributed by atoms with Crippen LogP contribution >= 0.6 is 47.8 Å². The molecular formula is C13H17Br3N2O3S. The summed E-state index contributed by atoms with van der Waals surface area (Å²) < 4.78 is 24.9. The van der Waals surface area contributed by atoms with Crippen molar-refractivity contribution >= 4 is 69.4 Å². The molecule has 0 atom stereocenters. The molecule has 9 heteroatoms. The van der Waals surface area contributed by atoms with Gasteiger partial charge in [-0.3, -0.25) is 9.52 Å². The second-order valence-electron chi connectivity index (χ2n) is 4.60. The molecule has 2 N–H and O–H groups in total. The summed E-state index contributed by atoms with van der Waals surface area (Å²) in [4.78, 5) is 12.0. The van der Waals surface area contributed by atoms with E-state index in [0.29, 0.717) is 17.8 Å². The van der Waals surface area contributed by atoms with Gasteiger partial charge in [0.25, 0.3) is 17.4 Å². The average Bonchev–Trinajstić information content (AvgIpc) is 2.42. The van der Waals surface area contributed by atoms with Crippen LogP contribution in [-0.4, -0.2) is 22.3 Å². The van der Waals surface area contributed by atoms with Gasteiger partial charge in [-0.15, -0.1) is 0 Å². The highest BCUT2D eigenvalue weighted by molar-refractivity contribution is 9.42. The summed E-state index contributed by atoms with van der Waals surface area (Å²) in [6.45, 7) is 2.70. The number of carbonyl (C=O) groups excluding carboxylic acids is 1. The summed E-state index contributed by atoms with van der Waals surface area (Å²) in [5.41, 5.74) is 0.713. The fourth-order valence-electron chi connectivity index (χ4n) is 1.62. The first-order valence-electron chi connectivity index (χ1n) is 6.64. The number of benzene rings is 1. The Morgan fingerprint density at radius 1 is 1.23 bits per heavy atom. The van der Waals surface area contributed by atoms with Crippen molar-refractivity contribution in [3.8, 4) is 0 Å². The van der Waals surface area contributed by atoms with Crippen molar-refractivity contribution in [1.29, 1.82) is 0 Å². The standard InChI is InChI=1S/C13H17Br3N2O3S/c1-2-3-4-8-17-12(19)10-6-5-7-11(9-10)18-22(20,21)13(14,15)16/h5-7,9,18H,2-4,8H2,1H3,(H,17,19). The number of rotatable bonds is 7. The molecule has 0 fully saturated rings. The molecule has 1 amide bonds. The third-order valence-electron chi connectivity index (χ3n) is 2.75. The molecular weight excluding hydrogens is 504 g/mol. The Morgan fingerprint density at radius 3 is 2.50 bits per heavy atom. The molecule has 0 aliphatic rings. The minimum Gasteiger partial charge on any atom is -0.352 e. The summed E-state index contributed by atoms with van der Waals surface area (Å²) in [6, 6.07) is 6.32. The Kier molecular flexibility index (Phi) is 7.84. The van der Waals surface area contributed by atoms with Crippen LogP contribution in [0.1, 0.15) is 36.5 Å². The largest absolute Gasteiger partial charge is 0.352 e. The number of hydrogen-bond acceptors (Lipinski definition) is 3. The zero-order chi connectivity index (χ0) is 16.8. The van der Waals surface area contributed by atoms with E-state index in [4.69, 9.17) is 0 Å². The Balaban J connectivity index is 2.76. The summed E-state index contributed by atoms with van der Waals surface area (Å²) in [6.07, 6.45) is 3.07. The SMILES string of the molecule is CCCCCNC(=O)c1cccc(NS(=O)(=O)C(Br)(Br)Br)c1. The molecule has 0 unspecified atom stereocenters. The average molecular weight is 521 g/mol. The molecule has 124 valence electrons. The highest BCUT2D eigenvalue weighted by Gasteiger charge is 2.35. The maximum Gasteiger partial charge on any atom is 0.269 e. The Labute approximate surface area is 156 Å². The van der Waals surface area contributed by atoms with E-state index in [0.717, 1.165) is 19.3 Å². The molecule has 1 aromatic rings. The van der Waals surface area contributed by atoms with E-state index in [1.54, 1.807) is 18.2 Å². The van der Waals surface area contributed by atoms with Crippen LogP contribution in [0.5, 0.6) is 0 Å². The summed E-state index contributed by atoms with van der Waals surface area (Å²) in [7, 11) is -3.75. The van der Waals surface area contributed by atoms with Crippen molar-refractivity contribution in [2.75, 3.05) is 11.3 Å². The molecule has 1 aromatic carbocycles. The van der Waals surface area contributed by atoms with Crippen molar-refractivity contribution in [3.05, 3.63) is 29.8 Å². The number of unbranched alkanes of at least 4 members (excludes halogenated alkanes) is 2. The van der Waals surface area contributed by atoms with Crippen molar-refractivity contribution < 1.29 is 13.2 Å². The van der Waals surface area contributed by atoms with E-state index in [1.165, 1.54) is 6.07 Å². The fourth-order valence-corrected chi connectivity index (χ4v) is 2.90. The third kappa shape index (κ3) is 6.17. The van der Waals surface area contributed by atoms with Gasteiger partial charge in [-0.2, -0.15) is 0 Å². The lowest BCUT2D eigenvalue weighted by Gasteiger charge is -2.15. The van der Waals surface area contributed by atoms with Crippen molar-refractivity contribution in [2.45, 2.75) is 27.7 Å². The second kappa shape index (κ2) is 8.65. The number of sulfonamides is 1. The molecule has 0 saturated heterocycles. The molecule has 0 radical (unpaired) electrons. The molecule has 0 aliphatic heterocycles. The number of hydrogen-bond donors (Lipinski definition) is 2. The van der Waals surface area contributed by atoms with E-state index in [2.05, 4.69) is 64.8 Å². The van der Waals surface area contributed by atoms with Crippen LogP contribution in [0, 0.1) is 0 Å². The second-order valence-corrected chi connectivity index (χ2v) is 14.8. The zero-order valence-corrected chi connectivity index (χ0v) is 17.5. The van der Waals surface area contributed by atoms with Crippen LogP contribution in [0.25, 0.3) is 0 Å². The minimum absolute atomic E-state index is 0.222. The van der Waals surface area contributed by atoms with Crippen LogP contribution in [0.4, 0.5) is 5.69 Å². The summed E-state index contributed by atoms with van der Waals surface area (Å²) >= 11 is 8.87. The maximum absolute atomic E-state index is 12.0. The fraction of sp³-hybridized carbons (Fsp3) is 0.462. The predicted molar refractivity (Wildman–Crippen MR) is 100 cm³/mol. The monoisotopic (exact) mass is 518 g/mol. The van der Waals surface area contributed by atoms with Gasteiger partial charge in [-0.05, 0) is 72.4 Å². The lowest BCUT2D eigenvalue weighted by Crippen LogP contribution is -2.26. The van der Waals surface area contributed by atoms with E-state index in [9.17, 15) is 13.2 Å². The van der Waals surface area contributed by atoms with E-state index in [-0.39, 0.29) is 5.91 Å². The first-order valence-corrected chi connectivity index (χ1v) is 10.5. The minimum atomic E-state index is -3.75. The Bertz CT molecular complexity index is 615. The molecule has 0 bridgehead atoms. The third-order valence-corrected chi connectivity index (χ3v) is 7.70. The Hall–Kier alpha value is -0.120. The first kappa shape index (κ1) is 19.9. The summed E-state index contributed by atoms with van der Waals surface area (Å²) in [5, 5.41) is 2.81. The molecule has 0 spiro atoms. The van der Waals surface area contributed by atoms with Crippen molar-refractivity contribution in [2.24, 2.45) is 0 Å². The lowest BCUT2D eigenvalue weighted by atomic mass is 10.2. The van der Waals surface area contributed by atoms with Gasteiger partial charge < -0.3 is 5.32 Å². The van der Waals surface area contributed by atoms with Crippen molar-refractivity contribution in [3.63, 3.8) is 0 Å². The number of carbonyl (C=O) groups is 1. The van der Waals surface area contributed by atoms with Gasteiger partial charge in [0.2, 0.25) is 0 Å². The molecule has 0 aliphatic carbocycles. The van der Waals surface area contributed by atoms with E-state index in [1.807, 2.05) is 0 Å². The van der Waals surface area contributed by atoms with Gasteiger partial charge in [0, 0.05) is 17.8 Å². The molecule has 1 rings (SSSR count). The highest BCUT2D eigenvalue weighted by atomic mass is 80.0. The van der Waals surface area contributed by atoms with Gasteiger partial charge in [0.05, 0.1) is 0 Å². The van der Waals surface area contributed by atoms with Crippen LogP contribution in [0.15, 0.2) is 24.3 Å².